The van der Waals surface area contributed by atoms with Gasteiger partial charge in [0.2, 0.25) is 19.6 Å². The van der Waals surface area contributed by atoms with Gasteiger partial charge < -0.3 is 92.9 Å². The van der Waals surface area contributed by atoms with Crippen molar-refractivity contribution >= 4 is 179 Å². The Hall–Kier alpha value is -10.3. The minimum Gasteiger partial charge on any atom is -0.463 e. The number of fused-ring (bicyclic) bond motifs is 8. The molecule has 3 aromatic heterocycles. The molecule has 13 heterocycles. The second-order valence-electron chi connectivity index (χ2n) is 35.9. The van der Waals surface area contributed by atoms with Crippen LogP contribution < -0.4 is 48.9 Å². The van der Waals surface area contributed by atoms with Crippen LogP contribution in [-0.4, -0.2) is 277 Å². The zero-order valence-electron chi connectivity index (χ0n) is 78.9. The lowest BCUT2D eigenvalue weighted by atomic mass is 9.99. The predicted molar refractivity (Wildman–Crippen MR) is 576 cm³/mol. The van der Waals surface area contributed by atoms with Crippen LogP contribution >= 0.6 is 94.5 Å². The number of carbonyl (C=O) groups is 3. The zero-order valence-corrected chi connectivity index (χ0v) is 85.9. The van der Waals surface area contributed by atoms with Gasteiger partial charge in [0.05, 0.1) is 62.6 Å². The van der Waals surface area contributed by atoms with Crippen LogP contribution in [0, 0.1) is 33.6 Å². The number of aromatic nitrogens is 6. The molecule has 3 amide bonds. The predicted octanol–water partition coefficient (Wildman–Crippen LogP) is 12.6. The summed E-state index contributed by atoms with van der Waals surface area (Å²) in [5, 5.41) is 20.6. The summed E-state index contributed by atoms with van der Waals surface area (Å²) >= 11 is 0. The Kier molecular flexibility index (Phi) is 40.1. The summed E-state index contributed by atoms with van der Waals surface area (Å²) < 4.78 is 65.9. The Balaban J connectivity index is 0.000000210. The summed E-state index contributed by atoms with van der Waals surface area (Å²) in [6, 6.07) is 38.5. The number of carbonyl (C=O) groups excluding carboxylic acids is 3. The molecule has 7 atom stereocenters. The number of benzene rings is 6. The number of amides is 3. The molecule has 6 aromatic carbocycles. The van der Waals surface area contributed by atoms with Gasteiger partial charge in [-0.15, -0.1) is 0 Å². The van der Waals surface area contributed by atoms with E-state index in [1.807, 2.05) is 18.2 Å². The van der Waals surface area contributed by atoms with Crippen LogP contribution in [0.15, 0.2) is 146 Å². The van der Waals surface area contributed by atoms with Crippen molar-refractivity contribution in [2.24, 2.45) is 0 Å². The van der Waals surface area contributed by atoms with Crippen molar-refractivity contribution in [3.8, 4) is 18.0 Å². The van der Waals surface area contributed by atoms with Crippen LogP contribution in [0.3, 0.4) is 0 Å². The van der Waals surface area contributed by atoms with E-state index >= 15 is 0 Å². The third kappa shape index (κ3) is 24.7. The molecule has 19 rings (SSSR count). The fourth-order valence-electron chi connectivity index (χ4n) is 20.9. The van der Waals surface area contributed by atoms with Gasteiger partial charge >= 0.3 is 18.0 Å². The molecule has 0 radical (unpaired) electrons. The molecule has 10 aliphatic rings. The van der Waals surface area contributed by atoms with Crippen LogP contribution in [0.2, 0.25) is 0 Å². The number of rotatable bonds is 24. The Labute approximate surface area is 860 Å². The maximum Gasteiger partial charge on any atom is 0.318 e. The molecular formula is C100H128F3N21O8S7. The molecule has 0 spiro atoms. The molecule has 9 aromatic rings. The van der Waals surface area contributed by atoms with E-state index in [0.717, 1.165) is 177 Å². The number of halogens is 3. The molecule has 7 saturated heterocycles. The number of aliphatic hydroxyl groups is 1. The first kappa shape index (κ1) is 111. The number of likely N-dealkylation sites (N-methyl/N-ethyl adjacent to an activating group) is 1. The minimum atomic E-state index is -1.02. The monoisotopic (exact) mass is 2030 g/mol. The molecule has 10 aliphatic heterocycles. The number of piperazine rings is 3. The second-order valence-corrected chi connectivity index (χ2v) is 35.9. The van der Waals surface area contributed by atoms with Gasteiger partial charge in [0.15, 0.2) is 17.5 Å². The molecule has 7 fully saturated rings. The SMILES string of the molecule is S.S.S.S.S.S.S.[C-]#[N+]C[C@H]1CN(c2nc(OCCCN3C[C@@H]4C[C@H]3CO4)nc3c2CCN(c2cccc4cccc(C)c24)C3)CCN1C(=O)C(=C)F.[C-]#[N+]C[C@H]1CN(c2nc(OC[C@@H]3CCCN3)nc3c2CCN(c2cccc4cccc(C)c24)C3)CCN1C(=O)C(=C)F.[C-]#[N+]C[C@H]1CN(c2nc(OC[C@@H]3CCCN3C)nc3c2CCN(c2cccc4cccc(CO)c24)C3)CCN1C(=O)C(=C)F. The van der Waals surface area contributed by atoms with Gasteiger partial charge in [0.25, 0.3) is 17.7 Å². The van der Waals surface area contributed by atoms with Crippen molar-refractivity contribution < 1.29 is 51.6 Å². The molecule has 29 nitrogen and oxygen atoms in total. The fourth-order valence-corrected chi connectivity index (χ4v) is 20.9. The Morgan fingerprint density at radius 3 is 1.26 bits per heavy atom. The van der Waals surface area contributed by atoms with Gasteiger partial charge in [0.1, 0.15) is 48.8 Å². The summed E-state index contributed by atoms with van der Waals surface area (Å²) in [6.45, 7) is 50.0. The minimum absolute atomic E-state index is 0. The van der Waals surface area contributed by atoms with Gasteiger partial charge in [-0.3, -0.25) is 19.3 Å². The summed E-state index contributed by atoms with van der Waals surface area (Å²) in [5.41, 5.74) is 12.6. The highest BCUT2D eigenvalue weighted by atomic mass is 32.1. The van der Waals surface area contributed by atoms with E-state index < -0.39 is 53.3 Å². The van der Waals surface area contributed by atoms with Crippen molar-refractivity contribution in [2.45, 2.75) is 140 Å². The molecule has 0 saturated carbocycles. The molecule has 0 unspecified atom stereocenters. The average Bonchev–Trinajstić information content (AvgIpc) is 0.940. The number of anilines is 6. The Bertz CT molecular complexity index is 6000. The first-order chi connectivity index (χ1) is 64.2. The number of nitrogens with zero attached hydrogens (tertiary/aromatic N) is 20. The highest BCUT2D eigenvalue weighted by molar-refractivity contribution is 7.60. The fraction of sp³-hybridized carbons (Fsp3) is 0.460. The number of hydrogen-bond donors (Lipinski definition) is 2. The molecule has 0 aliphatic carbocycles. The lowest BCUT2D eigenvalue weighted by Gasteiger charge is -2.41. The van der Waals surface area contributed by atoms with Gasteiger partial charge in [-0.05, 0) is 143 Å². The van der Waals surface area contributed by atoms with Crippen molar-refractivity contribution in [1.82, 2.24) is 59.7 Å². The molecule has 2 bridgehead atoms. The van der Waals surface area contributed by atoms with E-state index in [2.05, 4.69) is 191 Å². The van der Waals surface area contributed by atoms with E-state index in [0.29, 0.717) is 121 Å². The lowest BCUT2D eigenvalue weighted by Crippen LogP contribution is -2.57. The highest BCUT2D eigenvalue weighted by Crippen LogP contribution is 2.42. The number of nitrogens with one attached hydrogen (secondary N) is 1. The zero-order chi connectivity index (χ0) is 91.8. The van der Waals surface area contributed by atoms with E-state index in [-0.39, 0.29) is 146 Å². The Morgan fingerprint density at radius 2 is 0.885 bits per heavy atom. The van der Waals surface area contributed by atoms with Crippen LogP contribution in [0.5, 0.6) is 18.0 Å². The topological polar surface area (TPSA) is 246 Å². The number of ether oxygens (including phenoxy) is 4. The van der Waals surface area contributed by atoms with Crippen molar-refractivity contribution in [3.63, 3.8) is 0 Å². The maximum atomic E-state index is 13.9. The molecular weight excluding hydrogens is 1900 g/mol. The normalized spacial score (nSPS) is 20.1. The smallest absolute Gasteiger partial charge is 0.318 e. The van der Waals surface area contributed by atoms with Crippen molar-refractivity contribution in [3.05, 3.63) is 231 Å². The summed E-state index contributed by atoms with van der Waals surface area (Å²) in [7, 11) is 2.10. The van der Waals surface area contributed by atoms with Gasteiger partial charge in [-0.25, -0.2) is 32.9 Å². The quantitative estimate of drug-likeness (QED) is 0.0324. The van der Waals surface area contributed by atoms with Crippen molar-refractivity contribution in [2.75, 3.05) is 187 Å². The van der Waals surface area contributed by atoms with Gasteiger partial charge in [-0.1, -0.05) is 111 Å². The van der Waals surface area contributed by atoms with Gasteiger partial charge in [0, 0.05) is 160 Å². The highest BCUT2D eigenvalue weighted by Gasteiger charge is 2.43. The lowest BCUT2D eigenvalue weighted by molar-refractivity contribution is -0.131. The van der Waals surface area contributed by atoms with Crippen LogP contribution in [0.1, 0.15) is 89.0 Å². The standard InChI is InChI=1S/C35H40FN7O3.C33H38FN7O3.C32H36FN7O2.7H2S/c1-23-7-4-8-25-9-5-10-31(32(23)25)41-13-11-29-30(21-41)38-35(45-16-6-12-40-20-28-17-26(40)22-46-28)39-33(29)42-14-15-43(34(44)24(2)36)27(19-42)18-37-3;1-22(34)32(43)41-16-15-40(18-26(41)17-35-2)31-27-12-14-39(29-11-5-8-23-7-4-9-24(20-42)30(23)29)19-28(27)36-33(37-31)44-21-25-10-6-13-38(25)3;1-21-7-4-8-23-9-5-11-28(29(21)23)38-14-12-26-27(19-38)36-32(42-20-24-10-6-13-35-24)37-30(26)39-15-16-40(31(41)22(2)33)25(18-39)17-34-3;;;;;;;/h4-5,7-10,26-28H,2,6,11-22H2,1H3;4-5,7-9,11,25-26,42H,1,6,10,12-21H2,3H3;4-5,7-9,11,24-25,35H,2,6,10,12-20H2,1H3;7*1H2/t26-,27-,28-;25-,26-;24-,25-;;;;;;;/m000......./s1. The summed E-state index contributed by atoms with van der Waals surface area (Å²) in [5.74, 6) is -2.97. The molecule has 2 N–H and O–H groups in total. The molecule has 39 heteroatoms. The van der Waals surface area contributed by atoms with E-state index in [1.54, 1.807) is 0 Å². The van der Waals surface area contributed by atoms with E-state index in [9.17, 15) is 32.7 Å². The first-order valence-electron chi connectivity index (χ1n) is 46.1. The molecule has 744 valence electrons. The average molecular weight is 2030 g/mol. The third-order valence-electron chi connectivity index (χ3n) is 27.6. The van der Waals surface area contributed by atoms with Gasteiger partial charge in [-0.2, -0.15) is 124 Å². The van der Waals surface area contributed by atoms with Crippen LogP contribution in [0.25, 0.3) is 46.9 Å². The summed E-state index contributed by atoms with van der Waals surface area (Å²) in [4.78, 5) is 100. The molecule has 139 heavy (non-hydrogen) atoms. The number of hydrogen-bond acceptors (Lipinski definition) is 23. The second kappa shape index (κ2) is 50.4. The van der Waals surface area contributed by atoms with E-state index in [4.69, 9.17) is 68.6 Å². The Morgan fingerprint density at radius 1 is 0.482 bits per heavy atom. The largest absolute Gasteiger partial charge is 0.463 e. The number of morpholine rings is 1. The third-order valence-corrected chi connectivity index (χ3v) is 27.6. The number of likely N-dealkylation sites (tertiary alicyclic amines) is 2. The van der Waals surface area contributed by atoms with E-state index in [1.165, 1.54) is 58.7 Å². The maximum absolute atomic E-state index is 13.9. The number of aryl methyl sites for hydroxylation is 2. The van der Waals surface area contributed by atoms with Crippen molar-refractivity contribution in [1.29, 1.82) is 0 Å². The van der Waals surface area contributed by atoms with Crippen LogP contribution in [-0.2, 0) is 64.6 Å². The van der Waals surface area contributed by atoms with Crippen LogP contribution in [0.4, 0.5) is 47.7 Å². The summed E-state index contributed by atoms with van der Waals surface area (Å²) in [6.07, 6.45) is 8.89. The number of aliphatic hydroxyl groups excluding tert-OH is 1. The first-order valence-corrected chi connectivity index (χ1v) is 46.1.